The first kappa shape index (κ1) is 13.5. The summed E-state index contributed by atoms with van der Waals surface area (Å²) < 4.78 is 5.52. The Morgan fingerprint density at radius 3 is 2.38 bits per heavy atom. The van der Waals surface area contributed by atoms with Crippen molar-refractivity contribution in [1.82, 2.24) is 0 Å². The standard InChI is InChI=1S/C12H22O4/c1-8(13)9(2)16-12(3,11(14)15)7-10-5-4-6-10/h8-10,13H,4-7H2,1-3H3,(H,14,15). The molecule has 1 aliphatic rings. The maximum absolute atomic E-state index is 11.2. The summed E-state index contributed by atoms with van der Waals surface area (Å²) in [5.74, 6) is -0.478. The molecule has 0 aromatic rings. The van der Waals surface area contributed by atoms with Gasteiger partial charge in [-0.05, 0) is 33.1 Å². The van der Waals surface area contributed by atoms with E-state index < -0.39 is 23.8 Å². The van der Waals surface area contributed by atoms with Crippen molar-refractivity contribution in [2.45, 2.75) is 64.3 Å². The van der Waals surface area contributed by atoms with Gasteiger partial charge in [0.15, 0.2) is 5.60 Å². The predicted molar refractivity (Wildman–Crippen MR) is 60.2 cm³/mol. The molecule has 3 atom stereocenters. The van der Waals surface area contributed by atoms with Crippen LogP contribution in [0, 0.1) is 5.92 Å². The van der Waals surface area contributed by atoms with Gasteiger partial charge in [0, 0.05) is 0 Å². The molecule has 3 unspecified atom stereocenters. The van der Waals surface area contributed by atoms with Crippen LogP contribution in [-0.2, 0) is 9.53 Å². The molecule has 1 fully saturated rings. The Morgan fingerprint density at radius 1 is 1.50 bits per heavy atom. The van der Waals surface area contributed by atoms with Crippen LogP contribution >= 0.6 is 0 Å². The van der Waals surface area contributed by atoms with E-state index in [-0.39, 0.29) is 0 Å². The van der Waals surface area contributed by atoms with Crippen LogP contribution in [0.3, 0.4) is 0 Å². The lowest BCUT2D eigenvalue weighted by Crippen LogP contribution is -2.45. The fourth-order valence-electron chi connectivity index (χ4n) is 1.94. The van der Waals surface area contributed by atoms with Crippen molar-refractivity contribution in [2.24, 2.45) is 5.92 Å². The van der Waals surface area contributed by atoms with Crippen LogP contribution in [0.25, 0.3) is 0 Å². The maximum atomic E-state index is 11.2. The van der Waals surface area contributed by atoms with Crippen molar-refractivity contribution in [2.75, 3.05) is 0 Å². The molecule has 4 heteroatoms. The largest absolute Gasteiger partial charge is 0.479 e. The summed E-state index contributed by atoms with van der Waals surface area (Å²) in [6, 6.07) is 0. The van der Waals surface area contributed by atoms with Gasteiger partial charge in [-0.1, -0.05) is 19.3 Å². The highest BCUT2D eigenvalue weighted by Crippen LogP contribution is 2.36. The number of rotatable bonds is 6. The molecule has 0 saturated heterocycles. The Hall–Kier alpha value is -0.610. The minimum atomic E-state index is -1.17. The number of carboxylic acids is 1. The van der Waals surface area contributed by atoms with Crippen LogP contribution in [0.15, 0.2) is 0 Å². The third kappa shape index (κ3) is 3.19. The fourth-order valence-corrected chi connectivity index (χ4v) is 1.94. The Kier molecular flexibility index (Phi) is 4.33. The summed E-state index contributed by atoms with van der Waals surface area (Å²) in [5.41, 5.74) is -1.17. The number of carboxylic acid groups (broad SMARTS) is 1. The molecule has 0 amide bonds. The molecule has 0 aliphatic heterocycles. The molecule has 0 spiro atoms. The highest BCUT2D eigenvalue weighted by molar-refractivity contribution is 5.77. The monoisotopic (exact) mass is 230 g/mol. The number of aliphatic carboxylic acids is 1. The number of hydrogen-bond donors (Lipinski definition) is 2. The van der Waals surface area contributed by atoms with Crippen LogP contribution in [0.1, 0.15) is 46.5 Å². The van der Waals surface area contributed by atoms with E-state index in [2.05, 4.69) is 0 Å². The Bertz CT molecular complexity index is 247. The quantitative estimate of drug-likeness (QED) is 0.730. The number of hydrogen-bond acceptors (Lipinski definition) is 3. The molecule has 0 heterocycles. The third-order valence-electron chi connectivity index (χ3n) is 3.48. The van der Waals surface area contributed by atoms with Crippen molar-refractivity contribution in [1.29, 1.82) is 0 Å². The summed E-state index contributed by atoms with van der Waals surface area (Å²) in [7, 11) is 0. The van der Waals surface area contributed by atoms with Crippen LogP contribution in [-0.4, -0.2) is 34.0 Å². The molecule has 0 aromatic heterocycles. The van der Waals surface area contributed by atoms with Gasteiger partial charge in [0.2, 0.25) is 0 Å². The first-order valence-electron chi connectivity index (χ1n) is 5.94. The lowest BCUT2D eigenvalue weighted by molar-refractivity contribution is -0.181. The van der Waals surface area contributed by atoms with E-state index in [0.29, 0.717) is 12.3 Å². The zero-order chi connectivity index (χ0) is 12.3. The average Bonchev–Trinajstić information content (AvgIpc) is 2.11. The Labute approximate surface area is 96.6 Å². The normalized spacial score (nSPS) is 24.2. The summed E-state index contributed by atoms with van der Waals surface area (Å²) in [6.07, 6.45) is 2.80. The summed E-state index contributed by atoms with van der Waals surface area (Å²) in [6.45, 7) is 4.91. The van der Waals surface area contributed by atoms with Crippen LogP contribution in [0.5, 0.6) is 0 Å². The van der Waals surface area contributed by atoms with E-state index >= 15 is 0 Å². The van der Waals surface area contributed by atoms with E-state index in [0.717, 1.165) is 12.8 Å². The average molecular weight is 230 g/mol. The molecule has 2 N–H and O–H groups in total. The third-order valence-corrected chi connectivity index (χ3v) is 3.48. The molecular formula is C12H22O4. The molecular weight excluding hydrogens is 208 g/mol. The van der Waals surface area contributed by atoms with Crippen LogP contribution in [0.4, 0.5) is 0 Å². The van der Waals surface area contributed by atoms with Gasteiger partial charge in [-0.3, -0.25) is 0 Å². The molecule has 1 saturated carbocycles. The second-order valence-electron chi connectivity index (χ2n) is 5.10. The Balaban J connectivity index is 2.59. The first-order valence-corrected chi connectivity index (χ1v) is 5.94. The highest BCUT2D eigenvalue weighted by atomic mass is 16.5. The van der Waals surface area contributed by atoms with Gasteiger partial charge in [0.1, 0.15) is 0 Å². The fraction of sp³-hybridized carbons (Fsp3) is 0.917. The minimum Gasteiger partial charge on any atom is -0.479 e. The molecule has 1 rings (SSSR count). The summed E-state index contributed by atoms with van der Waals surface area (Å²) in [4.78, 5) is 11.2. The van der Waals surface area contributed by atoms with Gasteiger partial charge in [-0.2, -0.15) is 0 Å². The smallest absolute Gasteiger partial charge is 0.335 e. The molecule has 94 valence electrons. The number of aliphatic hydroxyl groups excluding tert-OH is 1. The number of ether oxygens (including phenoxy) is 1. The van der Waals surface area contributed by atoms with Gasteiger partial charge in [-0.25, -0.2) is 4.79 Å². The SMILES string of the molecule is CC(O)C(C)OC(C)(CC1CCC1)C(=O)O. The molecule has 0 bridgehead atoms. The predicted octanol–water partition coefficient (Wildman–Crippen LogP) is 1.81. The van der Waals surface area contributed by atoms with E-state index in [4.69, 9.17) is 4.74 Å². The van der Waals surface area contributed by atoms with Gasteiger partial charge in [-0.15, -0.1) is 0 Å². The van der Waals surface area contributed by atoms with Crippen molar-refractivity contribution in [3.05, 3.63) is 0 Å². The van der Waals surface area contributed by atoms with E-state index in [1.807, 2.05) is 0 Å². The maximum Gasteiger partial charge on any atom is 0.335 e. The minimum absolute atomic E-state index is 0.457. The number of aliphatic hydroxyl groups is 1. The molecule has 0 radical (unpaired) electrons. The van der Waals surface area contributed by atoms with E-state index in [1.54, 1.807) is 20.8 Å². The topological polar surface area (TPSA) is 66.8 Å². The second-order valence-corrected chi connectivity index (χ2v) is 5.10. The van der Waals surface area contributed by atoms with Gasteiger partial charge < -0.3 is 14.9 Å². The van der Waals surface area contributed by atoms with Crippen molar-refractivity contribution < 1.29 is 19.7 Å². The Morgan fingerprint density at radius 2 is 2.06 bits per heavy atom. The molecule has 0 aromatic carbocycles. The summed E-state index contributed by atoms with van der Waals surface area (Å²) in [5, 5.41) is 18.6. The second kappa shape index (κ2) is 5.15. The first-order chi connectivity index (χ1) is 7.35. The molecule has 1 aliphatic carbocycles. The highest BCUT2D eigenvalue weighted by Gasteiger charge is 2.40. The lowest BCUT2D eigenvalue weighted by Gasteiger charge is -2.36. The number of carbonyl (C=O) groups is 1. The van der Waals surface area contributed by atoms with Gasteiger partial charge in [0.25, 0.3) is 0 Å². The van der Waals surface area contributed by atoms with Crippen molar-refractivity contribution in [3.8, 4) is 0 Å². The zero-order valence-electron chi connectivity index (χ0n) is 10.3. The summed E-state index contributed by atoms with van der Waals surface area (Å²) >= 11 is 0. The molecule has 4 nitrogen and oxygen atoms in total. The van der Waals surface area contributed by atoms with Gasteiger partial charge in [0.05, 0.1) is 12.2 Å². The van der Waals surface area contributed by atoms with E-state index in [9.17, 15) is 15.0 Å². The molecule has 16 heavy (non-hydrogen) atoms. The van der Waals surface area contributed by atoms with Crippen LogP contribution in [0.2, 0.25) is 0 Å². The van der Waals surface area contributed by atoms with Gasteiger partial charge >= 0.3 is 5.97 Å². The van der Waals surface area contributed by atoms with Crippen molar-refractivity contribution in [3.63, 3.8) is 0 Å². The van der Waals surface area contributed by atoms with E-state index in [1.165, 1.54) is 6.42 Å². The lowest BCUT2D eigenvalue weighted by atomic mass is 9.77. The van der Waals surface area contributed by atoms with Crippen LogP contribution < -0.4 is 0 Å². The van der Waals surface area contributed by atoms with Crippen molar-refractivity contribution >= 4 is 5.97 Å². The zero-order valence-corrected chi connectivity index (χ0v) is 10.3.